The van der Waals surface area contributed by atoms with Gasteiger partial charge < -0.3 is 19.7 Å². The Morgan fingerprint density at radius 2 is 1.94 bits per heavy atom. The largest absolute Gasteiger partial charge is 0.493 e. The second-order valence-corrected chi connectivity index (χ2v) is 2.85. The molecule has 0 saturated heterocycles. The van der Waals surface area contributed by atoms with E-state index < -0.39 is 18.5 Å². The van der Waals surface area contributed by atoms with Gasteiger partial charge in [-0.2, -0.15) is 0 Å². The van der Waals surface area contributed by atoms with Crippen LogP contribution in [0, 0.1) is 0 Å². The number of carboxylic acid groups (broad SMARTS) is 2. The first-order chi connectivity index (χ1) is 7.54. The maximum atomic E-state index is 10.7. The van der Waals surface area contributed by atoms with E-state index in [0.29, 0.717) is 0 Å². The lowest BCUT2D eigenvalue weighted by molar-refractivity contribution is -0.139. The van der Waals surface area contributed by atoms with Crippen LogP contribution in [-0.4, -0.2) is 35.9 Å². The molecular formula is C10H10O6. The van der Waals surface area contributed by atoms with E-state index in [-0.39, 0.29) is 17.1 Å². The van der Waals surface area contributed by atoms with Crippen molar-refractivity contribution in [2.45, 2.75) is 0 Å². The minimum atomic E-state index is -1.15. The van der Waals surface area contributed by atoms with E-state index in [1.165, 1.54) is 25.3 Å². The Bertz CT molecular complexity index is 412. The lowest BCUT2D eigenvalue weighted by Gasteiger charge is -2.09. The summed E-state index contributed by atoms with van der Waals surface area (Å²) in [7, 11) is 1.38. The van der Waals surface area contributed by atoms with Crippen molar-refractivity contribution in [3.8, 4) is 11.5 Å². The van der Waals surface area contributed by atoms with E-state index in [1.807, 2.05) is 0 Å². The third kappa shape index (κ3) is 2.88. The summed E-state index contributed by atoms with van der Waals surface area (Å²) in [6.45, 7) is -0.556. The molecule has 86 valence electrons. The minimum absolute atomic E-state index is 0.00110. The average molecular weight is 226 g/mol. The zero-order chi connectivity index (χ0) is 12.1. The third-order valence-corrected chi connectivity index (χ3v) is 1.76. The Morgan fingerprint density at radius 3 is 2.44 bits per heavy atom. The lowest BCUT2D eigenvalue weighted by atomic mass is 10.2. The Morgan fingerprint density at radius 1 is 1.25 bits per heavy atom. The SMILES string of the molecule is COc1ccc(C(=O)O)cc1OCC(=O)O. The van der Waals surface area contributed by atoms with Crippen LogP contribution >= 0.6 is 0 Å². The minimum Gasteiger partial charge on any atom is -0.493 e. The van der Waals surface area contributed by atoms with E-state index in [1.54, 1.807) is 0 Å². The number of aliphatic carboxylic acids is 1. The average Bonchev–Trinajstić information content (AvgIpc) is 2.25. The summed E-state index contributed by atoms with van der Waals surface area (Å²) in [5.41, 5.74) is 0.00110. The molecule has 0 fully saturated rings. The Hall–Kier alpha value is -2.24. The molecule has 0 bridgehead atoms. The molecule has 0 radical (unpaired) electrons. The summed E-state index contributed by atoms with van der Waals surface area (Å²) in [6, 6.07) is 3.96. The van der Waals surface area contributed by atoms with Gasteiger partial charge in [0.2, 0.25) is 0 Å². The van der Waals surface area contributed by atoms with Gasteiger partial charge in [-0.3, -0.25) is 0 Å². The highest BCUT2D eigenvalue weighted by Gasteiger charge is 2.11. The van der Waals surface area contributed by atoms with Gasteiger partial charge in [0, 0.05) is 0 Å². The summed E-state index contributed by atoms with van der Waals surface area (Å²) < 4.78 is 9.79. The fourth-order valence-electron chi connectivity index (χ4n) is 1.06. The molecule has 0 aliphatic carbocycles. The molecule has 2 N–H and O–H groups in total. The molecule has 16 heavy (non-hydrogen) atoms. The predicted octanol–water partition coefficient (Wildman–Crippen LogP) is 0.857. The molecule has 0 atom stereocenters. The van der Waals surface area contributed by atoms with Gasteiger partial charge in [0.05, 0.1) is 12.7 Å². The molecule has 0 saturated carbocycles. The molecule has 0 aliphatic heterocycles. The molecule has 0 aliphatic rings. The second kappa shape index (κ2) is 5.01. The van der Waals surface area contributed by atoms with Crippen molar-refractivity contribution < 1.29 is 29.3 Å². The zero-order valence-electron chi connectivity index (χ0n) is 8.47. The molecule has 0 amide bonds. The molecule has 6 heteroatoms. The summed E-state index contributed by atoms with van der Waals surface area (Å²) in [6.07, 6.45) is 0. The number of rotatable bonds is 5. The number of aromatic carboxylic acids is 1. The highest BCUT2D eigenvalue weighted by atomic mass is 16.5. The number of benzene rings is 1. The van der Waals surface area contributed by atoms with E-state index >= 15 is 0 Å². The van der Waals surface area contributed by atoms with Crippen LogP contribution in [0.4, 0.5) is 0 Å². The maximum Gasteiger partial charge on any atom is 0.341 e. The quantitative estimate of drug-likeness (QED) is 0.773. The van der Waals surface area contributed by atoms with Crippen molar-refractivity contribution >= 4 is 11.9 Å². The molecule has 1 aromatic rings. The van der Waals surface area contributed by atoms with Gasteiger partial charge in [0.25, 0.3) is 0 Å². The highest BCUT2D eigenvalue weighted by molar-refractivity contribution is 5.88. The normalized spacial score (nSPS) is 9.56. The van der Waals surface area contributed by atoms with E-state index in [0.717, 1.165) is 0 Å². The third-order valence-electron chi connectivity index (χ3n) is 1.76. The summed E-state index contributed by atoms with van der Waals surface area (Å²) in [4.78, 5) is 21.0. The highest BCUT2D eigenvalue weighted by Crippen LogP contribution is 2.27. The first-order valence-corrected chi connectivity index (χ1v) is 4.30. The van der Waals surface area contributed by atoms with Crippen LogP contribution in [0.3, 0.4) is 0 Å². The van der Waals surface area contributed by atoms with E-state index in [9.17, 15) is 9.59 Å². The number of hydrogen-bond donors (Lipinski definition) is 2. The van der Waals surface area contributed by atoms with Crippen LogP contribution in [0.5, 0.6) is 11.5 Å². The van der Waals surface area contributed by atoms with Crippen LogP contribution in [0.2, 0.25) is 0 Å². The Labute approximate surface area is 91.0 Å². The van der Waals surface area contributed by atoms with Gasteiger partial charge in [-0.05, 0) is 18.2 Å². The fraction of sp³-hybridized carbons (Fsp3) is 0.200. The van der Waals surface area contributed by atoms with Gasteiger partial charge >= 0.3 is 11.9 Å². The van der Waals surface area contributed by atoms with Crippen molar-refractivity contribution in [2.24, 2.45) is 0 Å². The van der Waals surface area contributed by atoms with Crippen molar-refractivity contribution in [3.05, 3.63) is 23.8 Å². The monoisotopic (exact) mass is 226 g/mol. The zero-order valence-corrected chi connectivity index (χ0v) is 8.47. The van der Waals surface area contributed by atoms with Gasteiger partial charge in [-0.25, -0.2) is 9.59 Å². The van der Waals surface area contributed by atoms with Gasteiger partial charge in [-0.1, -0.05) is 0 Å². The standard InChI is InChI=1S/C10H10O6/c1-15-7-3-2-6(10(13)14)4-8(7)16-5-9(11)12/h2-4H,5H2,1H3,(H,11,12)(H,13,14). The van der Waals surface area contributed by atoms with Gasteiger partial charge in [0.1, 0.15) is 0 Å². The molecule has 0 heterocycles. The number of carbonyl (C=O) groups is 2. The van der Waals surface area contributed by atoms with Crippen molar-refractivity contribution in [1.29, 1.82) is 0 Å². The maximum absolute atomic E-state index is 10.7. The second-order valence-electron chi connectivity index (χ2n) is 2.85. The number of methoxy groups -OCH3 is 1. The number of carboxylic acids is 2. The fourth-order valence-corrected chi connectivity index (χ4v) is 1.06. The van der Waals surface area contributed by atoms with Crippen molar-refractivity contribution in [1.82, 2.24) is 0 Å². The smallest absolute Gasteiger partial charge is 0.341 e. The summed E-state index contributed by atoms with van der Waals surface area (Å²) >= 11 is 0. The first kappa shape index (κ1) is 11.8. The van der Waals surface area contributed by atoms with Crippen LogP contribution in [-0.2, 0) is 4.79 Å². The lowest BCUT2D eigenvalue weighted by Crippen LogP contribution is -2.10. The van der Waals surface area contributed by atoms with E-state index in [2.05, 4.69) is 0 Å². The molecule has 0 unspecified atom stereocenters. The molecule has 0 spiro atoms. The van der Waals surface area contributed by atoms with Crippen LogP contribution < -0.4 is 9.47 Å². The van der Waals surface area contributed by atoms with Crippen molar-refractivity contribution in [2.75, 3.05) is 13.7 Å². The summed E-state index contributed by atoms with van der Waals surface area (Å²) in [5.74, 6) is -1.90. The molecule has 6 nitrogen and oxygen atoms in total. The van der Waals surface area contributed by atoms with Crippen LogP contribution in [0.15, 0.2) is 18.2 Å². The van der Waals surface area contributed by atoms with E-state index in [4.69, 9.17) is 19.7 Å². The molecule has 0 aromatic heterocycles. The Kier molecular flexibility index (Phi) is 3.71. The predicted molar refractivity (Wildman–Crippen MR) is 53.1 cm³/mol. The number of hydrogen-bond acceptors (Lipinski definition) is 4. The molecule has 1 rings (SSSR count). The molecule has 1 aromatic carbocycles. The summed E-state index contributed by atoms with van der Waals surface area (Å²) in [5, 5.41) is 17.2. The van der Waals surface area contributed by atoms with Crippen LogP contribution in [0.1, 0.15) is 10.4 Å². The first-order valence-electron chi connectivity index (χ1n) is 4.30. The van der Waals surface area contributed by atoms with Gasteiger partial charge in [0.15, 0.2) is 18.1 Å². The Balaban J connectivity index is 2.97. The van der Waals surface area contributed by atoms with Crippen LogP contribution in [0.25, 0.3) is 0 Å². The number of ether oxygens (including phenoxy) is 2. The van der Waals surface area contributed by atoms with Gasteiger partial charge in [-0.15, -0.1) is 0 Å². The topological polar surface area (TPSA) is 93.1 Å². The van der Waals surface area contributed by atoms with Crippen molar-refractivity contribution in [3.63, 3.8) is 0 Å². The molecular weight excluding hydrogens is 216 g/mol.